The van der Waals surface area contributed by atoms with E-state index in [-0.39, 0.29) is 5.97 Å². The van der Waals surface area contributed by atoms with Gasteiger partial charge in [0.15, 0.2) is 0 Å². The predicted octanol–water partition coefficient (Wildman–Crippen LogP) is 2.30. The summed E-state index contributed by atoms with van der Waals surface area (Å²) in [6.07, 6.45) is 3.63. The van der Waals surface area contributed by atoms with E-state index in [9.17, 15) is 4.79 Å². The summed E-state index contributed by atoms with van der Waals surface area (Å²) in [7, 11) is 0. The maximum Gasteiger partial charge on any atom is 0.340 e. The summed E-state index contributed by atoms with van der Waals surface area (Å²) < 4.78 is 6.79. The van der Waals surface area contributed by atoms with Crippen LogP contribution in [-0.2, 0) is 4.74 Å². The summed E-state index contributed by atoms with van der Waals surface area (Å²) in [5.41, 5.74) is 2.38. The number of esters is 1. The molecule has 0 atom stereocenters. The molecule has 0 amide bonds. The highest BCUT2D eigenvalue weighted by atomic mass is 16.5. The quantitative estimate of drug-likeness (QED) is 0.741. The molecule has 2 aromatic heterocycles. The van der Waals surface area contributed by atoms with Crippen LogP contribution in [0.3, 0.4) is 0 Å². The Balaban J connectivity index is 2.74. The number of nitriles is 1. The highest BCUT2D eigenvalue weighted by Gasteiger charge is 2.18. The molecular weight excluding hydrogens is 216 g/mol. The van der Waals surface area contributed by atoms with E-state index in [2.05, 4.69) is 6.07 Å². The third-order valence-electron chi connectivity index (χ3n) is 2.59. The van der Waals surface area contributed by atoms with Gasteiger partial charge in [-0.05, 0) is 31.5 Å². The molecule has 0 aliphatic heterocycles. The largest absolute Gasteiger partial charge is 0.462 e. The van der Waals surface area contributed by atoms with Gasteiger partial charge >= 0.3 is 5.97 Å². The second kappa shape index (κ2) is 4.30. The fraction of sp³-hybridized carbons (Fsp3) is 0.231. The molecule has 17 heavy (non-hydrogen) atoms. The molecule has 4 nitrogen and oxygen atoms in total. The minimum atomic E-state index is -0.379. The number of rotatable bonds is 2. The van der Waals surface area contributed by atoms with Crippen LogP contribution in [0.5, 0.6) is 0 Å². The maximum absolute atomic E-state index is 11.9. The van der Waals surface area contributed by atoms with Crippen LogP contribution in [0, 0.1) is 18.3 Å². The van der Waals surface area contributed by atoms with Crippen LogP contribution in [0.4, 0.5) is 0 Å². The smallest absolute Gasteiger partial charge is 0.340 e. The Hall–Kier alpha value is -2.28. The molecule has 0 spiro atoms. The summed E-state index contributed by atoms with van der Waals surface area (Å²) in [6.45, 7) is 3.92. The van der Waals surface area contributed by atoms with Gasteiger partial charge in [-0.25, -0.2) is 4.79 Å². The Morgan fingerprint density at radius 2 is 2.35 bits per heavy atom. The number of pyridine rings is 1. The number of ether oxygens (including phenoxy) is 1. The van der Waals surface area contributed by atoms with Crippen LogP contribution in [0.2, 0.25) is 0 Å². The van der Waals surface area contributed by atoms with Crippen molar-refractivity contribution >= 4 is 11.5 Å². The topological polar surface area (TPSA) is 54.5 Å². The van der Waals surface area contributed by atoms with Crippen LogP contribution in [0.15, 0.2) is 24.5 Å². The van der Waals surface area contributed by atoms with Crippen molar-refractivity contribution in [2.45, 2.75) is 13.8 Å². The van der Waals surface area contributed by atoms with Gasteiger partial charge in [-0.15, -0.1) is 0 Å². The third-order valence-corrected chi connectivity index (χ3v) is 2.59. The lowest BCUT2D eigenvalue weighted by Crippen LogP contribution is -2.06. The number of fused-ring (bicyclic) bond motifs is 1. The lowest BCUT2D eigenvalue weighted by atomic mass is 10.1. The summed E-state index contributed by atoms with van der Waals surface area (Å²) in [5, 5.41) is 9.07. The van der Waals surface area contributed by atoms with Gasteiger partial charge in [-0.3, -0.25) is 0 Å². The normalized spacial score (nSPS) is 10.2. The average Bonchev–Trinajstić information content (AvgIpc) is 2.65. The Kier molecular flexibility index (Phi) is 2.84. The molecule has 0 saturated carbocycles. The van der Waals surface area contributed by atoms with Crippen LogP contribution in [0.25, 0.3) is 5.52 Å². The zero-order valence-electron chi connectivity index (χ0n) is 9.73. The van der Waals surface area contributed by atoms with Crippen LogP contribution in [-0.4, -0.2) is 17.0 Å². The molecule has 0 saturated heterocycles. The first-order chi connectivity index (χ1) is 8.19. The van der Waals surface area contributed by atoms with E-state index < -0.39 is 0 Å². The molecule has 2 heterocycles. The second-order valence-electron chi connectivity index (χ2n) is 3.70. The molecule has 86 valence electrons. The summed E-state index contributed by atoms with van der Waals surface area (Å²) in [6, 6.07) is 5.56. The summed E-state index contributed by atoms with van der Waals surface area (Å²) in [5.74, 6) is -0.379. The zero-order valence-corrected chi connectivity index (χ0v) is 9.73. The summed E-state index contributed by atoms with van der Waals surface area (Å²) >= 11 is 0. The highest BCUT2D eigenvalue weighted by molar-refractivity contribution is 6.00. The van der Waals surface area contributed by atoms with Crippen LogP contribution >= 0.6 is 0 Å². The van der Waals surface area contributed by atoms with E-state index >= 15 is 0 Å². The lowest BCUT2D eigenvalue weighted by molar-refractivity contribution is 0.0528. The number of aromatic nitrogens is 1. The number of aryl methyl sites for hydroxylation is 1. The number of nitrogens with zero attached hydrogens (tertiary/aromatic N) is 2. The van der Waals surface area contributed by atoms with Gasteiger partial charge in [0.1, 0.15) is 6.07 Å². The van der Waals surface area contributed by atoms with Crippen LogP contribution in [0.1, 0.15) is 28.4 Å². The monoisotopic (exact) mass is 228 g/mol. The number of carbonyl (C=O) groups is 1. The van der Waals surface area contributed by atoms with E-state index in [0.717, 1.165) is 5.56 Å². The lowest BCUT2D eigenvalue weighted by Gasteiger charge is -2.03. The number of carbonyl (C=O) groups excluding carboxylic acids is 1. The molecule has 0 aromatic carbocycles. The molecule has 0 aliphatic rings. The van der Waals surface area contributed by atoms with E-state index in [0.29, 0.717) is 23.3 Å². The summed E-state index contributed by atoms with van der Waals surface area (Å²) in [4.78, 5) is 11.9. The number of hydrogen-bond donors (Lipinski definition) is 0. The molecule has 0 radical (unpaired) electrons. The molecule has 2 rings (SSSR count). The molecule has 0 unspecified atom stereocenters. The molecule has 2 aromatic rings. The number of hydrogen-bond acceptors (Lipinski definition) is 3. The second-order valence-corrected chi connectivity index (χ2v) is 3.70. The molecule has 0 aliphatic carbocycles. The predicted molar refractivity (Wildman–Crippen MR) is 62.8 cm³/mol. The zero-order chi connectivity index (χ0) is 12.4. The van der Waals surface area contributed by atoms with Crippen molar-refractivity contribution in [3.63, 3.8) is 0 Å². The van der Waals surface area contributed by atoms with Gasteiger partial charge in [-0.2, -0.15) is 5.26 Å². The molecule has 4 heteroatoms. The van der Waals surface area contributed by atoms with Gasteiger partial charge in [-0.1, -0.05) is 0 Å². The Bertz CT molecular complexity index is 620. The van der Waals surface area contributed by atoms with Crippen molar-refractivity contribution in [2.75, 3.05) is 6.61 Å². The molecular formula is C13H12N2O2. The third kappa shape index (κ3) is 1.76. The van der Waals surface area contributed by atoms with Crippen molar-refractivity contribution in [1.82, 2.24) is 4.40 Å². The van der Waals surface area contributed by atoms with Crippen molar-refractivity contribution in [3.8, 4) is 6.07 Å². The Labute approximate surface area is 99.0 Å². The minimum absolute atomic E-state index is 0.324. The fourth-order valence-corrected chi connectivity index (χ4v) is 1.91. The van der Waals surface area contributed by atoms with Crippen molar-refractivity contribution < 1.29 is 9.53 Å². The molecule has 0 bridgehead atoms. The molecule has 0 fully saturated rings. The van der Waals surface area contributed by atoms with E-state index in [1.807, 2.05) is 19.3 Å². The first kappa shape index (κ1) is 11.2. The Morgan fingerprint density at radius 3 is 3.00 bits per heavy atom. The first-order valence-corrected chi connectivity index (χ1v) is 5.36. The van der Waals surface area contributed by atoms with Gasteiger partial charge in [0.25, 0.3) is 0 Å². The van der Waals surface area contributed by atoms with E-state index in [4.69, 9.17) is 10.00 Å². The van der Waals surface area contributed by atoms with Crippen LogP contribution < -0.4 is 0 Å². The van der Waals surface area contributed by atoms with Gasteiger partial charge in [0.05, 0.1) is 23.3 Å². The van der Waals surface area contributed by atoms with Crippen molar-refractivity contribution in [2.24, 2.45) is 0 Å². The van der Waals surface area contributed by atoms with Crippen molar-refractivity contribution in [1.29, 1.82) is 5.26 Å². The van der Waals surface area contributed by atoms with Gasteiger partial charge in [0.2, 0.25) is 0 Å². The first-order valence-electron chi connectivity index (χ1n) is 5.36. The van der Waals surface area contributed by atoms with Crippen molar-refractivity contribution in [3.05, 3.63) is 41.2 Å². The SMILES string of the molecule is CCOC(=O)c1c(C)cn2cccc(C#N)c12. The average molecular weight is 228 g/mol. The van der Waals surface area contributed by atoms with Gasteiger partial charge < -0.3 is 9.14 Å². The minimum Gasteiger partial charge on any atom is -0.462 e. The fourth-order valence-electron chi connectivity index (χ4n) is 1.91. The maximum atomic E-state index is 11.9. The van der Waals surface area contributed by atoms with E-state index in [1.165, 1.54) is 0 Å². The Morgan fingerprint density at radius 1 is 1.59 bits per heavy atom. The highest BCUT2D eigenvalue weighted by Crippen LogP contribution is 2.22. The standard InChI is InChI=1S/C13H12N2O2/c1-3-17-13(16)11-9(2)8-15-6-4-5-10(7-14)12(11)15/h4-6,8H,3H2,1-2H3. The van der Waals surface area contributed by atoms with Gasteiger partial charge in [0, 0.05) is 12.4 Å². The molecule has 0 N–H and O–H groups in total. The van der Waals surface area contributed by atoms with E-state index in [1.54, 1.807) is 23.5 Å².